The minimum absolute atomic E-state index is 0.101. The molecule has 1 aliphatic heterocycles. The van der Waals surface area contributed by atoms with Crippen LogP contribution in [0.2, 0.25) is 0 Å². The quantitative estimate of drug-likeness (QED) is 0.773. The van der Waals surface area contributed by atoms with E-state index in [4.69, 9.17) is 4.98 Å². The minimum Gasteiger partial charge on any atom is -0.348 e. The van der Waals surface area contributed by atoms with Crippen LogP contribution in [0.4, 0.5) is 0 Å². The maximum atomic E-state index is 12.3. The van der Waals surface area contributed by atoms with E-state index < -0.39 is 0 Å². The molecule has 2 aromatic heterocycles. The molecule has 1 amide bonds. The van der Waals surface area contributed by atoms with Crippen molar-refractivity contribution in [2.75, 3.05) is 6.54 Å². The fourth-order valence-corrected chi connectivity index (χ4v) is 3.60. The Morgan fingerprint density at radius 2 is 2.00 bits per heavy atom. The Balaban J connectivity index is 1.53. The molecule has 1 N–H and O–H groups in total. The van der Waals surface area contributed by atoms with Gasteiger partial charge >= 0.3 is 0 Å². The van der Waals surface area contributed by atoms with E-state index in [9.17, 15) is 4.79 Å². The molecular weight excluding hydrogens is 338 g/mol. The van der Waals surface area contributed by atoms with Gasteiger partial charge in [-0.25, -0.2) is 4.98 Å². The number of carbonyl (C=O) groups is 1. The van der Waals surface area contributed by atoms with Crippen LogP contribution in [0.5, 0.6) is 0 Å². The van der Waals surface area contributed by atoms with E-state index in [1.54, 1.807) is 0 Å². The lowest BCUT2D eigenvalue weighted by molar-refractivity contribution is 0.0938. The Hall–Kier alpha value is -2.73. The number of hydrogen-bond donors (Lipinski definition) is 1. The minimum atomic E-state index is -0.109. The largest absolute Gasteiger partial charge is 0.348 e. The first-order chi connectivity index (χ1) is 13.0. The molecule has 6 nitrogen and oxygen atoms in total. The van der Waals surface area contributed by atoms with Crippen molar-refractivity contribution >= 4 is 16.8 Å². The normalized spacial score (nSPS) is 17.3. The topological polar surface area (TPSA) is 63.1 Å². The van der Waals surface area contributed by atoms with Crippen LogP contribution < -0.4 is 5.32 Å². The first-order valence-electron chi connectivity index (χ1n) is 9.48. The smallest absolute Gasteiger partial charge is 0.271 e. The summed E-state index contributed by atoms with van der Waals surface area (Å²) in [5.41, 5.74) is 2.57. The number of rotatable bonds is 4. The number of hydrogen-bond acceptors (Lipinski definition) is 4. The fourth-order valence-electron chi connectivity index (χ4n) is 3.60. The first kappa shape index (κ1) is 17.7. The molecule has 0 saturated carbocycles. The van der Waals surface area contributed by atoms with E-state index in [-0.39, 0.29) is 18.0 Å². The van der Waals surface area contributed by atoms with Gasteiger partial charge in [0.1, 0.15) is 11.5 Å². The molecule has 1 atom stereocenters. The highest BCUT2D eigenvalue weighted by molar-refractivity contribution is 5.92. The number of nitrogens with one attached hydrogen (secondary N) is 1. The van der Waals surface area contributed by atoms with Gasteiger partial charge < -0.3 is 9.88 Å². The number of carbonyl (C=O) groups excluding carboxylic acids is 1. The van der Waals surface area contributed by atoms with E-state index in [1.165, 1.54) is 0 Å². The SMILES string of the molecule is CC(C)NC(=O)c1cn2c(n1)[C@H](C)N(Cc1ccc3ccccc3n1)CC2. The second kappa shape index (κ2) is 7.12. The summed E-state index contributed by atoms with van der Waals surface area (Å²) in [7, 11) is 0. The molecule has 6 heteroatoms. The van der Waals surface area contributed by atoms with Crippen molar-refractivity contribution in [3.63, 3.8) is 0 Å². The van der Waals surface area contributed by atoms with E-state index in [0.29, 0.717) is 5.69 Å². The number of amides is 1. The number of imidazole rings is 1. The molecule has 0 radical (unpaired) electrons. The van der Waals surface area contributed by atoms with Crippen LogP contribution >= 0.6 is 0 Å². The number of aromatic nitrogens is 3. The van der Waals surface area contributed by atoms with E-state index >= 15 is 0 Å². The second-order valence-electron chi connectivity index (χ2n) is 7.45. The number of fused-ring (bicyclic) bond motifs is 2. The molecule has 3 heterocycles. The zero-order valence-electron chi connectivity index (χ0n) is 16.0. The van der Waals surface area contributed by atoms with Crippen LogP contribution in [0.25, 0.3) is 10.9 Å². The van der Waals surface area contributed by atoms with E-state index in [0.717, 1.165) is 42.1 Å². The van der Waals surface area contributed by atoms with Gasteiger partial charge in [0.25, 0.3) is 5.91 Å². The van der Waals surface area contributed by atoms with Gasteiger partial charge in [0.05, 0.1) is 17.3 Å². The highest BCUT2D eigenvalue weighted by Crippen LogP contribution is 2.26. The summed E-state index contributed by atoms with van der Waals surface area (Å²) >= 11 is 0. The van der Waals surface area contributed by atoms with Crippen LogP contribution in [0, 0.1) is 0 Å². The van der Waals surface area contributed by atoms with Crippen LogP contribution in [0.1, 0.15) is 48.8 Å². The van der Waals surface area contributed by atoms with Gasteiger partial charge in [0, 0.05) is 37.3 Å². The van der Waals surface area contributed by atoms with Gasteiger partial charge in [-0.1, -0.05) is 24.3 Å². The fraction of sp³-hybridized carbons (Fsp3) is 0.381. The van der Waals surface area contributed by atoms with Crippen LogP contribution in [0.3, 0.4) is 0 Å². The molecule has 140 valence electrons. The summed E-state index contributed by atoms with van der Waals surface area (Å²) in [6.07, 6.45) is 1.87. The molecule has 27 heavy (non-hydrogen) atoms. The van der Waals surface area contributed by atoms with Crippen molar-refractivity contribution < 1.29 is 4.79 Å². The van der Waals surface area contributed by atoms with Crippen LogP contribution in [0.15, 0.2) is 42.6 Å². The summed E-state index contributed by atoms with van der Waals surface area (Å²) in [6.45, 7) is 8.55. The van der Waals surface area contributed by atoms with Crippen LogP contribution in [-0.4, -0.2) is 37.9 Å². The maximum Gasteiger partial charge on any atom is 0.271 e. The average molecular weight is 363 g/mol. The Morgan fingerprint density at radius 3 is 2.81 bits per heavy atom. The Labute approximate surface area is 159 Å². The molecule has 0 bridgehead atoms. The van der Waals surface area contributed by atoms with E-state index in [1.807, 2.05) is 38.2 Å². The summed E-state index contributed by atoms with van der Waals surface area (Å²) in [6, 6.07) is 12.6. The molecule has 4 rings (SSSR count). The third-order valence-electron chi connectivity index (χ3n) is 5.03. The molecule has 0 saturated heterocycles. The molecular formula is C21H25N5O. The maximum absolute atomic E-state index is 12.3. The first-order valence-corrected chi connectivity index (χ1v) is 9.48. The molecule has 0 fully saturated rings. The average Bonchev–Trinajstić information content (AvgIpc) is 3.09. The van der Waals surface area contributed by atoms with Gasteiger partial charge in [-0.2, -0.15) is 0 Å². The van der Waals surface area contributed by atoms with E-state index in [2.05, 4.69) is 44.9 Å². The number of para-hydroxylation sites is 1. The Morgan fingerprint density at radius 1 is 1.19 bits per heavy atom. The molecule has 0 unspecified atom stereocenters. The van der Waals surface area contributed by atoms with Gasteiger partial charge in [-0.05, 0) is 32.9 Å². The Kier molecular flexibility index (Phi) is 4.66. The second-order valence-corrected chi connectivity index (χ2v) is 7.45. The zero-order chi connectivity index (χ0) is 19.0. The predicted molar refractivity (Wildman–Crippen MR) is 105 cm³/mol. The van der Waals surface area contributed by atoms with Crippen molar-refractivity contribution in [3.05, 3.63) is 59.8 Å². The summed E-state index contributed by atoms with van der Waals surface area (Å²) in [4.78, 5) is 24.0. The molecule has 1 aromatic carbocycles. The standard InChI is InChI=1S/C21H25N5O/c1-14(2)22-21(27)19-13-26-11-10-25(15(3)20(26)24-19)12-17-9-8-16-6-4-5-7-18(16)23-17/h4-9,13-15H,10-12H2,1-3H3,(H,22,27)/t15-/m0/s1. The lowest BCUT2D eigenvalue weighted by atomic mass is 10.1. The van der Waals surface area contributed by atoms with Gasteiger partial charge in [-0.3, -0.25) is 14.7 Å². The monoisotopic (exact) mass is 363 g/mol. The molecule has 3 aromatic rings. The van der Waals surface area contributed by atoms with Crippen LogP contribution in [-0.2, 0) is 13.1 Å². The highest BCUT2D eigenvalue weighted by atomic mass is 16.2. The highest BCUT2D eigenvalue weighted by Gasteiger charge is 2.28. The molecule has 0 spiro atoms. The van der Waals surface area contributed by atoms with Crippen molar-refractivity contribution in [1.82, 2.24) is 24.8 Å². The number of benzene rings is 1. The number of pyridine rings is 1. The van der Waals surface area contributed by atoms with Crippen molar-refractivity contribution in [1.29, 1.82) is 0 Å². The molecule has 1 aliphatic rings. The van der Waals surface area contributed by atoms with Gasteiger partial charge in [0.15, 0.2) is 0 Å². The zero-order valence-corrected chi connectivity index (χ0v) is 16.0. The predicted octanol–water partition coefficient (Wildman–Crippen LogP) is 3.15. The van der Waals surface area contributed by atoms with Crippen molar-refractivity contribution in [2.45, 2.75) is 45.9 Å². The number of nitrogens with zero attached hydrogens (tertiary/aromatic N) is 4. The third-order valence-corrected chi connectivity index (χ3v) is 5.03. The lowest BCUT2D eigenvalue weighted by Gasteiger charge is -2.33. The summed E-state index contributed by atoms with van der Waals surface area (Å²) in [5.74, 6) is 0.831. The Bertz CT molecular complexity index is 978. The molecule has 0 aliphatic carbocycles. The van der Waals surface area contributed by atoms with Gasteiger partial charge in [-0.15, -0.1) is 0 Å². The summed E-state index contributed by atoms with van der Waals surface area (Å²) in [5, 5.41) is 4.07. The van der Waals surface area contributed by atoms with Crippen molar-refractivity contribution in [2.24, 2.45) is 0 Å². The third kappa shape index (κ3) is 3.57. The van der Waals surface area contributed by atoms with Gasteiger partial charge in [0.2, 0.25) is 0 Å². The lowest BCUT2D eigenvalue weighted by Crippen LogP contribution is -2.36. The summed E-state index contributed by atoms with van der Waals surface area (Å²) < 4.78 is 2.10. The van der Waals surface area contributed by atoms with Crippen molar-refractivity contribution in [3.8, 4) is 0 Å².